The largest absolute Gasteiger partial charge is 0.494 e. The molecule has 4 heteroatoms. The average molecular weight is 291 g/mol. The summed E-state index contributed by atoms with van der Waals surface area (Å²) < 4.78 is 7.48. The zero-order chi connectivity index (χ0) is 15.0. The highest BCUT2D eigenvalue weighted by atomic mass is 16.6. The van der Waals surface area contributed by atoms with Crippen LogP contribution in [0.3, 0.4) is 0 Å². The molecule has 3 rings (SSSR count). The standard InChI is InChI=1S/C17H25NO3/c1-3-5-6-7-8-17-11-13-12(10-14(17)21-17)15(19)18(9-4-2)16(13)20/h4,14,19-20H,2-3,5-11H2,1H3. The zero-order valence-corrected chi connectivity index (χ0v) is 12.8. The number of hydrogen-bond acceptors (Lipinski definition) is 3. The van der Waals surface area contributed by atoms with Gasteiger partial charge in [0, 0.05) is 30.5 Å². The van der Waals surface area contributed by atoms with Gasteiger partial charge in [0.25, 0.3) is 0 Å². The molecule has 0 radical (unpaired) electrons. The van der Waals surface area contributed by atoms with Gasteiger partial charge < -0.3 is 14.9 Å². The summed E-state index contributed by atoms with van der Waals surface area (Å²) in [6.07, 6.45) is 9.34. The fourth-order valence-electron chi connectivity index (χ4n) is 3.67. The third-order valence-electron chi connectivity index (χ3n) is 4.95. The van der Waals surface area contributed by atoms with Gasteiger partial charge in [0.05, 0.1) is 11.7 Å². The molecule has 1 aliphatic carbocycles. The van der Waals surface area contributed by atoms with Crippen molar-refractivity contribution in [1.29, 1.82) is 0 Å². The van der Waals surface area contributed by atoms with E-state index in [-0.39, 0.29) is 23.5 Å². The molecule has 116 valence electrons. The number of aromatic hydroxyl groups is 2. The number of ether oxygens (including phenoxy) is 1. The summed E-state index contributed by atoms with van der Waals surface area (Å²) in [5.74, 6) is 0.363. The molecular formula is C17H25NO3. The number of aromatic nitrogens is 1. The zero-order valence-electron chi connectivity index (χ0n) is 12.8. The van der Waals surface area contributed by atoms with E-state index in [9.17, 15) is 10.2 Å². The highest BCUT2D eigenvalue weighted by Gasteiger charge is 2.59. The number of epoxide rings is 1. The second-order valence-electron chi connectivity index (χ2n) is 6.37. The maximum Gasteiger partial charge on any atom is 0.197 e. The fourth-order valence-corrected chi connectivity index (χ4v) is 3.67. The summed E-state index contributed by atoms with van der Waals surface area (Å²) in [6, 6.07) is 0. The van der Waals surface area contributed by atoms with Crippen LogP contribution in [0.1, 0.15) is 50.2 Å². The first-order chi connectivity index (χ1) is 10.1. The van der Waals surface area contributed by atoms with E-state index in [4.69, 9.17) is 4.74 Å². The summed E-state index contributed by atoms with van der Waals surface area (Å²) in [5.41, 5.74) is 1.66. The Hall–Kier alpha value is -1.42. The Balaban J connectivity index is 1.75. The van der Waals surface area contributed by atoms with E-state index in [0.717, 1.165) is 24.0 Å². The van der Waals surface area contributed by atoms with Crippen molar-refractivity contribution in [3.8, 4) is 11.8 Å². The van der Waals surface area contributed by atoms with E-state index in [1.807, 2.05) is 0 Å². The predicted octanol–water partition coefficient (Wildman–Crippen LogP) is 3.29. The molecule has 1 saturated heterocycles. The molecule has 1 aliphatic heterocycles. The molecule has 1 aromatic rings. The van der Waals surface area contributed by atoms with Gasteiger partial charge in [-0.05, 0) is 6.42 Å². The van der Waals surface area contributed by atoms with Crippen LogP contribution in [0, 0.1) is 0 Å². The van der Waals surface area contributed by atoms with Crippen LogP contribution in [0.15, 0.2) is 12.7 Å². The van der Waals surface area contributed by atoms with Crippen LogP contribution in [0.2, 0.25) is 0 Å². The van der Waals surface area contributed by atoms with E-state index in [2.05, 4.69) is 13.5 Å². The van der Waals surface area contributed by atoms with Gasteiger partial charge in [-0.2, -0.15) is 0 Å². The van der Waals surface area contributed by atoms with Crippen LogP contribution in [0.25, 0.3) is 0 Å². The third-order valence-corrected chi connectivity index (χ3v) is 4.95. The molecular weight excluding hydrogens is 266 g/mol. The van der Waals surface area contributed by atoms with E-state index in [1.165, 1.54) is 30.3 Å². The molecule has 2 N–H and O–H groups in total. The van der Waals surface area contributed by atoms with Crippen LogP contribution in [-0.4, -0.2) is 26.5 Å². The Morgan fingerprint density at radius 2 is 2.05 bits per heavy atom. The topological polar surface area (TPSA) is 57.9 Å². The molecule has 2 heterocycles. The van der Waals surface area contributed by atoms with Gasteiger partial charge in [-0.1, -0.05) is 38.7 Å². The summed E-state index contributed by atoms with van der Waals surface area (Å²) in [5, 5.41) is 20.6. The quantitative estimate of drug-likeness (QED) is 0.460. The van der Waals surface area contributed by atoms with Crippen molar-refractivity contribution in [2.75, 3.05) is 0 Å². The normalized spacial score (nSPS) is 26.2. The second kappa shape index (κ2) is 5.41. The van der Waals surface area contributed by atoms with Crippen LogP contribution in [-0.2, 0) is 24.1 Å². The Labute approximate surface area is 126 Å². The molecule has 0 spiro atoms. The Kier molecular flexibility index (Phi) is 3.74. The van der Waals surface area contributed by atoms with Crippen LogP contribution in [0.5, 0.6) is 11.8 Å². The monoisotopic (exact) mass is 291 g/mol. The minimum absolute atomic E-state index is 0.0783. The maximum absolute atomic E-state index is 10.3. The molecule has 2 atom stereocenters. The van der Waals surface area contributed by atoms with Crippen LogP contribution >= 0.6 is 0 Å². The first-order valence-electron chi connectivity index (χ1n) is 8.04. The first kappa shape index (κ1) is 14.5. The number of nitrogens with zero attached hydrogens (tertiary/aromatic N) is 1. The van der Waals surface area contributed by atoms with Gasteiger partial charge in [-0.25, -0.2) is 0 Å². The van der Waals surface area contributed by atoms with Crippen molar-refractivity contribution in [2.45, 2.75) is 70.1 Å². The second-order valence-corrected chi connectivity index (χ2v) is 6.37. The van der Waals surface area contributed by atoms with Crippen LogP contribution in [0.4, 0.5) is 0 Å². The van der Waals surface area contributed by atoms with Gasteiger partial charge in [-0.3, -0.25) is 4.57 Å². The van der Waals surface area contributed by atoms with Gasteiger partial charge in [-0.15, -0.1) is 6.58 Å². The fraction of sp³-hybridized carbons (Fsp3) is 0.647. The van der Waals surface area contributed by atoms with Crippen molar-refractivity contribution in [1.82, 2.24) is 4.57 Å². The lowest BCUT2D eigenvalue weighted by Gasteiger charge is -2.17. The molecule has 2 aliphatic rings. The highest BCUT2D eigenvalue weighted by Crippen LogP contribution is 2.53. The van der Waals surface area contributed by atoms with Crippen molar-refractivity contribution in [2.24, 2.45) is 0 Å². The number of hydrogen-bond donors (Lipinski definition) is 2. The van der Waals surface area contributed by atoms with E-state index < -0.39 is 0 Å². The average Bonchev–Trinajstić information content (AvgIpc) is 3.15. The predicted molar refractivity (Wildman–Crippen MR) is 81.7 cm³/mol. The minimum atomic E-state index is -0.0783. The van der Waals surface area contributed by atoms with Crippen molar-refractivity contribution < 1.29 is 14.9 Å². The van der Waals surface area contributed by atoms with Gasteiger partial charge in [0.1, 0.15) is 0 Å². The molecule has 0 aromatic carbocycles. The SMILES string of the molecule is C=CCn1c(O)c2c(c1O)CC1(CCCCCC)OC1C2. The van der Waals surface area contributed by atoms with Gasteiger partial charge in [0.15, 0.2) is 11.8 Å². The summed E-state index contributed by atoms with van der Waals surface area (Å²) in [7, 11) is 0. The molecule has 21 heavy (non-hydrogen) atoms. The lowest BCUT2D eigenvalue weighted by Crippen LogP contribution is -2.24. The van der Waals surface area contributed by atoms with Gasteiger partial charge >= 0.3 is 0 Å². The maximum atomic E-state index is 10.3. The van der Waals surface area contributed by atoms with Crippen molar-refractivity contribution >= 4 is 0 Å². The summed E-state index contributed by atoms with van der Waals surface area (Å²) in [6.45, 7) is 6.32. The van der Waals surface area contributed by atoms with E-state index in [1.54, 1.807) is 6.08 Å². The van der Waals surface area contributed by atoms with Crippen molar-refractivity contribution in [3.05, 3.63) is 23.8 Å². The first-order valence-corrected chi connectivity index (χ1v) is 8.04. The molecule has 2 unspecified atom stereocenters. The van der Waals surface area contributed by atoms with E-state index >= 15 is 0 Å². The summed E-state index contributed by atoms with van der Waals surface area (Å²) >= 11 is 0. The number of rotatable bonds is 7. The molecule has 1 aromatic heterocycles. The Morgan fingerprint density at radius 3 is 2.76 bits per heavy atom. The highest BCUT2D eigenvalue weighted by molar-refractivity contribution is 5.50. The molecule has 0 amide bonds. The summed E-state index contributed by atoms with van der Waals surface area (Å²) in [4.78, 5) is 0. The van der Waals surface area contributed by atoms with Crippen molar-refractivity contribution in [3.63, 3.8) is 0 Å². The van der Waals surface area contributed by atoms with E-state index in [0.29, 0.717) is 13.0 Å². The third kappa shape index (κ3) is 2.35. The molecule has 0 bridgehead atoms. The molecule has 1 fully saturated rings. The Morgan fingerprint density at radius 1 is 1.29 bits per heavy atom. The van der Waals surface area contributed by atoms with Crippen LogP contribution < -0.4 is 0 Å². The molecule has 0 saturated carbocycles. The minimum Gasteiger partial charge on any atom is -0.494 e. The number of allylic oxidation sites excluding steroid dienone is 1. The molecule has 4 nitrogen and oxygen atoms in total. The smallest absolute Gasteiger partial charge is 0.197 e. The van der Waals surface area contributed by atoms with Gasteiger partial charge in [0.2, 0.25) is 0 Å². The number of unbranched alkanes of at least 4 members (excludes halogenated alkanes) is 3. The number of fused-ring (bicyclic) bond motifs is 2. The lowest BCUT2D eigenvalue weighted by molar-refractivity contribution is 0.272. The lowest BCUT2D eigenvalue weighted by atomic mass is 9.82. The Bertz CT molecular complexity index is 549.